The zero-order chi connectivity index (χ0) is 15.1. The van der Waals surface area contributed by atoms with Crippen molar-refractivity contribution in [2.24, 2.45) is 0 Å². The smallest absolute Gasteiger partial charge is 0.416 e. The minimum absolute atomic E-state index is 0.148. The molecule has 0 fully saturated rings. The maximum Gasteiger partial charge on any atom is 0.416 e. The Labute approximate surface area is 111 Å². The van der Waals surface area contributed by atoms with Crippen LogP contribution in [0.25, 0.3) is 0 Å². The van der Waals surface area contributed by atoms with Gasteiger partial charge in [-0.15, -0.1) is 5.23 Å². The highest BCUT2D eigenvalue weighted by molar-refractivity contribution is 5.85. The summed E-state index contributed by atoms with van der Waals surface area (Å²) in [5.74, 6) is -1.24. The third kappa shape index (κ3) is 2.61. The van der Waals surface area contributed by atoms with Gasteiger partial charge in [-0.2, -0.15) is 13.2 Å². The summed E-state index contributed by atoms with van der Waals surface area (Å²) in [6, 6.07) is 2.73. The fourth-order valence-electron chi connectivity index (χ4n) is 1.85. The Balaban J connectivity index is 2.31. The standard InChI is InChI=1S/C12H10F3NO4/c1-6(11(17)18)4-10-8-3-2-7(12(13,14)15)5-9(8)16(19)20-10/h2-3,5,10,19H,1,4H2,(H,17,18). The van der Waals surface area contributed by atoms with Crippen molar-refractivity contribution in [2.75, 3.05) is 5.23 Å². The molecule has 5 nitrogen and oxygen atoms in total. The van der Waals surface area contributed by atoms with Gasteiger partial charge in [-0.25, -0.2) is 9.63 Å². The van der Waals surface area contributed by atoms with Crippen LogP contribution in [0.5, 0.6) is 0 Å². The number of halogens is 3. The Bertz CT molecular complexity index is 570. The topological polar surface area (TPSA) is 70.0 Å². The molecule has 1 heterocycles. The number of rotatable bonds is 3. The molecule has 2 N–H and O–H groups in total. The van der Waals surface area contributed by atoms with E-state index < -0.39 is 23.8 Å². The van der Waals surface area contributed by atoms with Gasteiger partial charge in [0, 0.05) is 17.6 Å². The normalized spacial score (nSPS) is 18.0. The summed E-state index contributed by atoms with van der Waals surface area (Å²) in [5, 5.41) is 18.4. The van der Waals surface area contributed by atoms with Gasteiger partial charge >= 0.3 is 12.1 Å². The van der Waals surface area contributed by atoms with Crippen LogP contribution in [-0.4, -0.2) is 16.3 Å². The van der Waals surface area contributed by atoms with Gasteiger partial charge in [-0.3, -0.25) is 5.21 Å². The Morgan fingerprint density at radius 2 is 2.10 bits per heavy atom. The van der Waals surface area contributed by atoms with Crippen LogP contribution in [0.2, 0.25) is 0 Å². The van der Waals surface area contributed by atoms with E-state index in [0.717, 1.165) is 18.2 Å². The Morgan fingerprint density at radius 1 is 1.45 bits per heavy atom. The third-order valence-corrected chi connectivity index (χ3v) is 2.87. The van der Waals surface area contributed by atoms with Gasteiger partial charge in [0.25, 0.3) is 0 Å². The highest BCUT2D eigenvalue weighted by atomic mass is 19.4. The van der Waals surface area contributed by atoms with Crippen LogP contribution in [0.1, 0.15) is 23.7 Å². The van der Waals surface area contributed by atoms with Gasteiger partial charge in [0.15, 0.2) is 0 Å². The Hall–Kier alpha value is -2.06. The molecule has 20 heavy (non-hydrogen) atoms. The van der Waals surface area contributed by atoms with Gasteiger partial charge in [-0.1, -0.05) is 12.6 Å². The molecule has 0 saturated carbocycles. The van der Waals surface area contributed by atoms with Crippen LogP contribution in [0.15, 0.2) is 30.4 Å². The second kappa shape index (κ2) is 4.80. The van der Waals surface area contributed by atoms with E-state index in [4.69, 9.17) is 9.94 Å². The first kappa shape index (κ1) is 14.4. The molecule has 1 aromatic carbocycles. The molecule has 0 spiro atoms. The van der Waals surface area contributed by atoms with Crippen molar-refractivity contribution >= 4 is 11.7 Å². The summed E-state index contributed by atoms with van der Waals surface area (Å²) in [6.45, 7) is 3.31. The molecular formula is C12H10F3NO4. The summed E-state index contributed by atoms with van der Waals surface area (Å²) >= 11 is 0. The molecule has 1 aromatic rings. The van der Waals surface area contributed by atoms with E-state index in [1.165, 1.54) is 0 Å². The number of carboxylic acids is 1. The molecule has 1 aliphatic heterocycles. The average molecular weight is 289 g/mol. The zero-order valence-electron chi connectivity index (χ0n) is 10.0. The third-order valence-electron chi connectivity index (χ3n) is 2.87. The number of carboxylic acid groups (broad SMARTS) is 1. The lowest BCUT2D eigenvalue weighted by Crippen LogP contribution is -2.14. The number of hydrogen-bond acceptors (Lipinski definition) is 4. The molecule has 0 bridgehead atoms. The number of benzene rings is 1. The highest BCUT2D eigenvalue weighted by Crippen LogP contribution is 2.42. The fourth-order valence-corrected chi connectivity index (χ4v) is 1.85. The Morgan fingerprint density at radius 3 is 2.65 bits per heavy atom. The van der Waals surface area contributed by atoms with Crippen molar-refractivity contribution in [2.45, 2.75) is 18.7 Å². The minimum atomic E-state index is -4.54. The number of anilines is 1. The SMILES string of the molecule is C=C(CC1ON(O)c2cc(C(F)(F)F)ccc21)C(=O)O. The molecule has 0 saturated heterocycles. The molecular weight excluding hydrogens is 279 g/mol. The maximum atomic E-state index is 12.6. The molecule has 1 unspecified atom stereocenters. The number of carbonyl (C=O) groups is 1. The van der Waals surface area contributed by atoms with Gasteiger partial charge in [0.1, 0.15) is 11.8 Å². The van der Waals surface area contributed by atoms with Crippen LogP contribution >= 0.6 is 0 Å². The van der Waals surface area contributed by atoms with E-state index in [2.05, 4.69) is 6.58 Å². The molecule has 0 aromatic heterocycles. The number of nitrogens with zero attached hydrogens (tertiary/aromatic N) is 1. The molecule has 2 rings (SSSR count). The number of alkyl halides is 3. The summed E-state index contributed by atoms with van der Waals surface area (Å²) in [6.07, 6.45) is -5.58. The lowest BCUT2D eigenvalue weighted by Gasteiger charge is -2.11. The lowest BCUT2D eigenvalue weighted by atomic mass is 10.00. The summed E-state index contributed by atoms with van der Waals surface area (Å²) in [7, 11) is 0. The fraction of sp³-hybridized carbons (Fsp3) is 0.250. The molecule has 1 atom stereocenters. The second-order valence-electron chi connectivity index (χ2n) is 4.25. The summed E-state index contributed by atoms with van der Waals surface area (Å²) in [5.41, 5.74) is -1.00. The van der Waals surface area contributed by atoms with Gasteiger partial charge < -0.3 is 5.11 Å². The quantitative estimate of drug-likeness (QED) is 0.837. The predicted octanol–water partition coefficient (Wildman–Crippen LogP) is 2.92. The van der Waals surface area contributed by atoms with Gasteiger partial charge in [0.05, 0.1) is 5.56 Å². The molecule has 108 valence electrons. The number of aliphatic carboxylic acids is 1. The molecule has 8 heteroatoms. The highest BCUT2D eigenvalue weighted by Gasteiger charge is 2.36. The van der Waals surface area contributed by atoms with Crippen molar-refractivity contribution in [3.05, 3.63) is 41.5 Å². The minimum Gasteiger partial charge on any atom is -0.478 e. The van der Waals surface area contributed by atoms with Crippen molar-refractivity contribution in [3.8, 4) is 0 Å². The van der Waals surface area contributed by atoms with E-state index in [1.807, 2.05) is 0 Å². The van der Waals surface area contributed by atoms with E-state index >= 15 is 0 Å². The molecule has 0 aliphatic carbocycles. The first-order valence-corrected chi connectivity index (χ1v) is 5.48. The first-order valence-electron chi connectivity index (χ1n) is 5.48. The average Bonchev–Trinajstić information content (AvgIpc) is 2.65. The summed E-state index contributed by atoms with van der Waals surface area (Å²) < 4.78 is 37.7. The van der Waals surface area contributed by atoms with Crippen molar-refractivity contribution in [1.82, 2.24) is 0 Å². The number of fused-ring (bicyclic) bond motifs is 1. The monoisotopic (exact) mass is 289 g/mol. The maximum absolute atomic E-state index is 12.6. The first-order chi connectivity index (χ1) is 9.20. The van der Waals surface area contributed by atoms with Crippen LogP contribution in [0.4, 0.5) is 18.9 Å². The molecule has 0 radical (unpaired) electrons. The largest absolute Gasteiger partial charge is 0.478 e. The predicted molar refractivity (Wildman–Crippen MR) is 60.9 cm³/mol. The number of hydrogen-bond donors (Lipinski definition) is 2. The van der Waals surface area contributed by atoms with E-state index in [0.29, 0.717) is 0 Å². The van der Waals surface area contributed by atoms with Crippen molar-refractivity contribution < 1.29 is 33.1 Å². The van der Waals surface area contributed by atoms with Crippen molar-refractivity contribution in [1.29, 1.82) is 0 Å². The lowest BCUT2D eigenvalue weighted by molar-refractivity contribution is -0.137. The summed E-state index contributed by atoms with van der Waals surface area (Å²) in [4.78, 5) is 15.6. The molecule has 0 amide bonds. The molecule has 1 aliphatic rings. The van der Waals surface area contributed by atoms with E-state index in [1.54, 1.807) is 0 Å². The van der Waals surface area contributed by atoms with E-state index in [-0.39, 0.29) is 28.5 Å². The van der Waals surface area contributed by atoms with Gasteiger partial charge in [-0.05, 0) is 12.1 Å². The van der Waals surface area contributed by atoms with Crippen LogP contribution in [0.3, 0.4) is 0 Å². The van der Waals surface area contributed by atoms with Crippen molar-refractivity contribution in [3.63, 3.8) is 0 Å². The van der Waals surface area contributed by atoms with Gasteiger partial charge in [0.2, 0.25) is 0 Å². The van der Waals surface area contributed by atoms with E-state index in [9.17, 15) is 23.2 Å². The van der Waals surface area contributed by atoms with Crippen LogP contribution in [-0.2, 0) is 15.8 Å². The van der Waals surface area contributed by atoms with Crippen LogP contribution in [0, 0.1) is 0 Å². The zero-order valence-corrected chi connectivity index (χ0v) is 10.0. The second-order valence-corrected chi connectivity index (χ2v) is 4.25. The van der Waals surface area contributed by atoms with Crippen LogP contribution < -0.4 is 5.23 Å². The Kier molecular flexibility index (Phi) is 3.45.